The maximum absolute atomic E-state index is 15.2. The van der Waals surface area contributed by atoms with E-state index in [0.717, 1.165) is 22.3 Å². The van der Waals surface area contributed by atoms with Crippen LogP contribution in [0.5, 0.6) is 17.2 Å². The number of carbonyl (C=O) groups is 5. The number of hydrogen-bond acceptors (Lipinski definition) is 11. The van der Waals surface area contributed by atoms with Crippen LogP contribution < -0.4 is 19.5 Å². The summed E-state index contributed by atoms with van der Waals surface area (Å²) in [5, 5.41) is 2.86. The standard InChI is InChI=1S/C56H56ClN3O11/c1-5-32-67-54(63)48(34-39-18-10-6-11-19-39)60(3)53(62)47(35-44-28-31-49(66-4)51(50(44)57)68-36-41-20-12-7-13-21-41)59(2)52(61)46(58-55(64)69-37-42-22-14-8-15-23-42)33-40-26-29-45(30-27-40)71-56(65)70-38-43-24-16-9-17-25-43/h5-31,46-48H,1,32-38H2,2-4H3,(H,58,64)/t46-,47+,48+/m1/s1. The third-order valence-corrected chi connectivity index (χ3v) is 11.8. The summed E-state index contributed by atoms with van der Waals surface area (Å²) >= 11 is 7.13. The van der Waals surface area contributed by atoms with E-state index in [9.17, 15) is 14.4 Å². The first-order valence-electron chi connectivity index (χ1n) is 22.8. The van der Waals surface area contributed by atoms with Crippen LogP contribution >= 0.6 is 11.6 Å². The van der Waals surface area contributed by atoms with Gasteiger partial charge in [0.25, 0.3) is 0 Å². The molecule has 0 aliphatic heterocycles. The predicted molar refractivity (Wildman–Crippen MR) is 268 cm³/mol. The molecule has 368 valence electrons. The van der Waals surface area contributed by atoms with Crippen LogP contribution in [0, 0.1) is 0 Å². The number of halogens is 1. The summed E-state index contributed by atoms with van der Waals surface area (Å²) in [5.41, 5.74) is 4.10. The van der Waals surface area contributed by atoms with E-state index in [1.54, 1.807) is 48.5 Å². The molecule has 0 saturated heterocycles. The van der Waals surface area contributed by atoms with E-state index >= 15 is 9.59 Å². The molecular weight excluding hydrogens is 926 g/mol. The smallest absolute Gasteiger partial charge is 0.493 e. The Hall–Kier alpha value is -8.10. The Bertz CT molecular complexity index is 2690. The Kier molecular flexibility index (Phi) is 19.6. The molecule has 0 aliphatic carbocycles. The number of ether oxygens (including phenoxy) is 6. The molecule has 0 saturated carbocycles. The number of nitrogens with one attached hydrogen (secondary N) is 1. The van der Waals surface area contributed by atoms with Gasteiger partial charge in [0.15, 0.2) is 11.5 Å². The first-order chi connectivity index (χ1) is 34.4. The number of alkyl carbamates (subject to hydrolysis) is 1. The maximum Gasteiger partial charge on any atom is 0.514 e. The summed E-state index contributed by atoms with van der Waals surface area (Å²) in [4.78, 5) is 72.6. The molecule has 6 aromatic carbocycles. The highest BCUT2D eigenvalue weighted by Crippen LogP contribution is 2.39. The molecule has 0 heterocycles. The zero-order valence-electron chi connectivity index (χ0n) is 39.7. The third kappa shape index (κ3) is 15.4. The van der Waals surface area contributed by atoms with E-state index in [1.807, 2.05) is 97.1 Å². The Morgan fingerprint density at radius 1 is 0.592 bits per heavy atom. The zero-order valence-corrected chi connectivity index (χ0v) is 40.5. The van der Waals surface area contributed by atoms with Crippen LogP contribution in [0.1, 0.15) is 33.4 Å². The Morgan fingerprint density at radius 3 is 1.68 bits per heavy atom. The monoisotopic (exact) mass is 981 g/mol. The molecule has 3 atom stereocenters. The summed E-state index contributed by atoms with van der Waals surface area (Å²) < 4.78 is 33.6. The van der Waals surface area contributed by atoms with Crippen LogP contribution in [0.2, 0.25) is 5.02 Å². The summed E-state index contributed by atoms with van der Waals surface area (Å²) in [6, 6.07) is 42.6. The van der Waals surface area contributed by atoms with E-state index in [2.05, 4.69) is 11.9 Å². The lowest BCUT2D eigenvalue weighted by atomic mass is 9.98. The van der Waals surface area contributed by atoms with Gasteiger partial charge in [-0.05, 0) is 51.6 Å². The first-order valence-corrected chi connectivity index (χ1v) is 23.1. The molecule has 71 heavy (non-hydrogen) atoms. The van der Waals surface area contributed by atoms with Crippen molar-refractivity contribution in [1.82, 2.24) is 15.1 Å². The van der Waals surface area contributed by atoms with Gasteiger partial charge in [0.2, 0.25) is 11.8 Å². The van der Waals surface area contributed by atoms with Gasteiger partial charge in [0, 0.05) is 33.4 Å². The van der Waals surface area contributed by atoms with Crippen molar-refractivity contribution in [3.8, 4) is 17.2 Å². The van der Waals surface area contributed by atoms with Gasteiger partial charge >= 0.3 is 18.2 Å². The van der Waals surface area contributed by atoms with Crippen LogP contribution in [0.25, 0.3) is 0 Å². The second-order valence-electron chi connectivity index (χ2n) is 16.3. The van der Waals surface area contributed by atoms with Gasteiger partial charge in [-0.1, -0.05) is 164 Å². The van der Waals surface area contributed by atoms with Gasteiger partial charge in [-0.2, -0.15) is 0 Å². The molecule has 1 N–H and O–H groups in total. The summed E-state index contributed by atoms with van der Waals surface area (Å²) in [6.45, 7) is 3.64. The second kappa shape index (κ2) is 26.6. The van der Waals surface area contributed by atoms with Gasteiger partial charge in [0.1, 0.15) is 50.3 Å². The topological polar surface area (TPSA) is 159 Å². The van der Waals surface area contributed by atoms with Crippen molar-refractivity contribution in [3.05, 3.63) is 209 Å². The molecular formula is C56H56ClN3O11. The van der Waals surface area contributed by atoms with Crippen LogP contribution in [0.4, 0.5) is 9.59 Å². The molecule has 0 spiro atoms. The minimum absolute atomic E-state index is 0.0152. The van der Waals surface area contributed by atoms with Gasteiger partial charge in [0.05, 0.1) is 12.1 Å². The number of rotatable bonds is 23. The fraction of sp³-hybridized carbons (Fsp3) is 0.232. The summed E-state index contributed by atoms with van der Waals surface area (Å²) in [5.74, 6) is -1.27. The molecule has 0 fully saturated rings. The number of carbonyl (C=O) groups excluding carboxylic acids is 5. The highest BCUT2D eigenvalue weighted by Gasteiger charge is 2.39. The summed E-state index contributed by atoms with van der Waals surface area (Å²) in [6.07, 6.45) is -0.555. The molecule has 3 amide bonds. The zero-order chi connectivity index (χ0) is 50.5. The van der Waals surface area contributed by atoms with Gasteiger partial charge < -0.3 is 43.5 Å². The van der Waals surface area contributed by atoms with Crippen LogP contribution in [0.3, 0.4) is 0 Å². The van der Waals surface area contributed by atoms with Crippen molar-refractivity contribution < 1.29 is 52.4 Å². The molecule has 6 rings (SSSR count). The number of nitrogens with zero attached hydrogens (tertiary/aromatic N) is 2. The molecule has 0 radical (unpaired) electrons. The average Bonchev–Trinajstić information content (AvgIpc) is 3.40. The molecule has 0 bridgehead atoms. The van der Waals surface area contributed by atoms with Crippen molar-refractivity contribution in [1.29, 1.82) is 0 Å². The van der Waals surface area contributed by atoms with E-state index in [0.29, 0.717) is 16.9 Å². The molecule has 6 aromatic rings. The molecule has 0 aliphatic rings. The van der Waals surface area contributed by atoms with E-state index < -0.39 is 48.2 Å². The SMILES string of the molecule is C=CCOC(=O)[C@H](Cc1ccccc1)N(C)C(=O)[C@H](Cc1ccc(OC)c(OCc2ccccc2)c1Cl)N(C)C(=O)[C@@H](Cc1ccc(OC(=O)OCc2ccccc2)cc1)NC(=O)OCc1ccccc1. The van der Waals surface area contributed by atoms with Crippen molar-refractivity contribution in [2.75, 3.05) is 27.8 Å². The molecule has 14 nitrogen and oxygen atoms in total. The highest BCUT2D eigenvalue weighted by atomic mass is 35.5. The summed E-state index contributed by atoms with van der Waals surface area (Å²) in [7, 11) is 4.39. The lowest BCUT2D eigenvalue weighted by Gasteiger charge is -2.36. The predicted octanol–water partition coefficient (Wildman–Crippen LogP) is 9.35. The number of likely N-dealkylation sites (N-methyl/N-ethyl adjacent to an activating group) is 2. The third-order valence-electron chi connectivity index (χ3n) is 11.4. The van der Waals surface area contributed by atoms with Crippen LogP contribution in [0.15, 0.2) is 170 Å². The average molecular weight is 983 g/mol. The largest absolute Gasteiger partial charge is 0.514 e. The maximum atomic E-state index is 15.2. The Balaban J connectivity index is 1.32. The number of benzene rings is 6. The Labute approximate surface area is 418 Å². The fourth-order valence-electron chi connectivity index (χ4n) is 7.48. The van der Waals surface area contributed by atoms with Gasteiger partial charge in [-0.15, -0.1) is 0 Å². The number of amides is 3. The minimum atomic E-state index is -1.34. The van der Waals surface area contributed by atoms with E-state index in [1.165, 1.54) is 49.2 Å². The van der Waals surface area contributed by atoms with Gasteiger partial charge in [-0.25, -0.2) is 14.4 Å². The quantitative estimate of drug-likeness (QED) is 0.0282. The van der Waals surface area contributed by atoms with Gasteiger partial charge in [-0.3, -0.25) is 9.59 Å². The number of hydrogen-bond donors (Lipinski definition) is 1. The first kappa shape index (κ1) is 52.3. The highest BCUT2D eigenvalue weighted by molar-refractivity contribution is 6.33. The van der Waals surface area contributed by atoms with E-state index in [4.69, 9.17) is 40.0 Å². The Morgan fingerprint density at radius 2 is 1.11 bits per heavy atom. The molecule has 15 heteroatoms. The minimum Gasteiger partial charge on any atom is -0.493 e. The molecule has 0 unspecified atom stereocenters. The van der Waals surface area contributed by atoms with Crippen molar-refractivity contribution in [2.24, 2.45) is 0 Å². The number of esters is 1. The van der Waals surface area contributed by atoms with Crippen molar-refractivity contribution >= 4 is 41.6 Å². The van der Waals surface area contributed by atoms with Crippen LogP contribution in [-0.4, -0.2) is 85.8 Å². The lowest BCUT2D eigenvalue weighted by molar-refractivity contribution is -0.156. The molecule has 0 aromatic heterocycles. The normalized spacial score (nSPS) is 11.9. The number of methoxy groups -OCH3 is 1. The fourth-order valence-corrected chi connectivity index (χ4v) is 7.77. The lowest BCUT2D eigenvalue weighted by Crippen LogP contribution is -2.58. The van der Waals surface area contributed by atoms with Crippen molar-refractivity contribution in [2.45, 2.75) is 57.2 Å². The van der Waals surface area contributed by atoms with E-state index in [-0.39, 0.29) is 62.2 Å². The van der Waals surface area contributed by atoms with Crippen molar-refractivity contribution in [3.63, 3.8) is 0 Å². The second-order valence-corrected chi connectivity index (χ2v) is 16.7. The van der Waals surface area contributed by atoms with Crippen LogP contribution in [-0.2, 0) is 67.7 Å².